The van der Waals surface area contributed by atoms with Gasteiger partial charge in [0.15, 0.2) is 0 Å². The molecule has 1 heterocycles. The summed E-state index contributed by atoms with van der Waals surface area (Å²) in [4.78, 5) is 15.8. The average Bonchev–Trinajstić information content (AvgIpc) is 2.52. The van der Waals surface area contributed by atoms with Crippen LogP contribution in [0.25, 0.3) is 0 Å². The molecule has 0 unspecified atom stereocenters. The molecule has 1 atom stereocenters. The van der Waals surface area contributed by atoms with Crippen molar-refractivity contribution in [2.75, 3.05) is 13.2 Å². The Morgan fingerprint density at radius 3 is 2.82 bits per heavy atom. The largest absolute Gasteiger partial charge is 0.396 e. The highest BCUT2D eigenvalue weighted by atomic mass is 35.5. The topological polar surface area (TPSA) is 62.2 Å². The number of aromatic nitrogens is 1. The Kier molecular flexibility index (Phi) is 5.86. The van der Waals surface area contributed by atoms with E-state index >= 15 is 0 Å². The van der Waals surface area contributed by atoms with Crippen LogP contribution in [0.3, 0.4) is 0 Å². The zero-order valence-electron chi connectivity index (χ0n) is 11.8. The molecular formula is C16H16ClFN2O2. The third-order valence-electron chi connectivity index (χ3n) is 3.26. The Bertz CT molecular complexity index is 652. The number of carbonyl (C=O) groups is 1. The van der Waals surface area contributed by atoms with Gasteiger partial charge in [-0.15, -0.1) is 0 Å². The van der Waals surface area contributed by atoms with Gasteiger partial charge in [0.1, 0.15) is 11.0 Å². The molecule has 0 bridgehead atoms. The molecule has 0 saturated carbocycles. The number of pyridine rings is 1. The number of hydrogen-bond donors (Lipinski definition) is 2. The second kappa shape index (κ2) is 7.87. The van der Waals surface area contributed by atoms with Gasteiger partial charge in [0.25, 0.3) is 5.91 Å². The summed E-state index contributed by atoms with van der Waals surface area (Å²) >= 11 is 5.73. The molecule has 0 aliphatic carbocycles. The number of rotatable bonds is 6. The van der Waals surface area contributed by atoms with E-state index in [1.807, 2.05) is 0 Å². The molecule has 0 aliphatic rings. The lowest BCUT2D eigenvalue weighted by Crippen LogP contribution is -2.32. The van der Waals surface area contributed by atoms with Crippen LogP contribution in [0.2, 0.25) is 5.15 Å². The maximum absolute atomic E-state index is 13.6. The summed E-state index contributed by atoms with van der Waals surface area (Å²) in [6, 6.07) is 9.41. The molecule has 0 fully saturated rings. The van der Waals surface area contributed by atoms with Gasteiger partial charge < -0.3 is 10.4 Å². The van der Waals surface area contributed by atoms with Crippen molar-refractivity contribution in [1.29, 1.82) is 0 Å². The molecule has 1 aromatic heterocycles. The Morgan fingerprint density at radius 1 is 1.36 bits per heavy atom. The predicted octanol–water partition coefficient (Wildman–Crippen LogP) is 2.46. The van der Waals surface area contributed by atoms with Crippen LogP contribution < -0.4 is 5.32 Å². The maximum Gasteiger partial charge on any atom is 0.251 e. The van der Waals surface area contributed by atoms with E-state index in [1.54, 1.807) is 24.3 Å². The van der Waals surface area contributed by atoms with Gasteiger partial charge in [-0.2, -0.15) is 0 Å². The minimum absolute atomic E-state index is 0.147. The molecule has 2 aromatic rings. The van der Waals surface area contributed by atoms with Gasteiger partial charge in [0.2, 0.25) is 0 Å². The zero-order valence-corrected chi connectivity index (χ0v) is 12.6. The molecule has 116 valence electrons. The molecule has 0 saturated heterocycles. The van der Waals surface area contributed by atoms with Crippen LogP contribution in [0.1, 0.15) is 15.9 Å². The summed E-state index contributed by atoms with van der Waals surface area (Å²) < 4.78 is 13.6. The molecule has 22 heavy (non-hydrogen) atoms. The fraction of sp³-hybridized carbons (Fsp3) is 0.250. The van der Waals surface area contributed by atoms with Crippen molar-refractivity contribution in [2.24, 2.45) is 5.92 Å². The van der Waals surface area contributed by atoms with E-state index < -0.39 is 0 Å². The Labute approximate surface area is 133 Å². The van der Waals surface area contributed by atoms with Crippen LogP contribution in [-0.2, 0) is 6.42 Å². The molecule has 4 nitrogen and oxygen atoms in total. The first-order valence-electron chi connectivity index (χ1n) is 6.84. The fourth-order valence-electron chi connectivity index (χ4n) is 2.06. The second-order valence-electron chi connectivity index (χ2n) is 4.92. The molecule has 1 aromatic carbocycles. The van der Waals surface area contributed by atoms with E-state index in [-0.39, 0.29) is 35.9 Å². The average molecular weight is 323 g/mol. The third-order valence-corrected chi connectivity index (χ3v) is 3.47. The lowest BCUT2D eigenvalue weighted by Gasteiger charge is -2.15. The van der Waals surface area contributed by atoms with Crippen molar-refractivity contribution in [2.45, 2.75) is 6.42 Å². The third kappa shape index (κ3) is 4.51. The molecule has 0 spiro atoms. The van der Waals surface area contributed by atoms with Gasteiger partial charge in [-0.1, -0.05) is 29.8 Å². The molecule has 2 N–H and O–H groups in total. The van der Waals surface area contributed by atoms with E-state index in [1.165, 1.54) is 18.3 Å². The van der Waals surface area contributed by atoms with Crippen molar-refractivity contribution in [1.82, 2.24) is 10.3 Å². The molecule has 0 radical (unpaired) electrons. The Balaban J connectivity index is 1.94. The molecular weight excluding hydrogens is 307 g/mol. The van der Waals surface area contributed by atoms with Gasteiger partial charge in [0.05, 0.1) is 0 Å². The smallest absolute Gasteiger partial charge is 0.251 e. The standard InChI is InChI=1S/C16H16ClFN2O2/c17-15-8-13(5-6-19-15)16(22)20-9-11(10-21)7-12-3-1-2-4-14(12)18/h1-6,8,11,21H,7,9-10H2,(H,20,22)/t11-/m1/s1. The summed E-state index contributed by atoms with van der Waals surface area (Å²) in [5.74, 6) is -0.886. The van der Waals surface area contributed by atoms with Crippen LogP contribution in [0, 0.1) is 11.7 Å². The fourth-order valence-corrected chi connectivity index (χ4v) is 2.23. The molecule has 1 amide bonds. The van der Waals surface area contributed by atoms with Gasteiger partial charge >= 0.3 is 0 Å². The highest BCUT2D eigenvalue weighted by Crippen LogP contribution is 2.13. The van der Waals surface area contributed by atoms with Crippen molar-refractivity contribution < 1.29 is 14.3 Å². The molecule has 2 rings (SSSR count). The minimum atomic E-state index is -0.312. The van der Waals surface area contributed by atoms with Crippen LogP contribution in [-0.4, -0.2) is 29.1 Å². The lowest BCUT2D eigenvalue weighted by molar-refractivity contribution is 0.0940. The Hall–Kier alpha value is -1.98. The number of carbonyl (C=O) groups excluding carboxylic acids is 1. The van der Waals surface area contributed by atoms with Crippen molar-refractivity contribution in [3.05, 3.63) is 64.7 Å². The van der Waals surface area contributed by atoms with Crippen LogP contribution in [0.15, 0.2) is 42.6 Å². The van der Waals surface area contributed by atoms with Crippen LogP contribution in [0.4, 0.5) is 4.39 Å². The van der Waals surface area contributed by atoms with Crippen LogP contribution >= 0.6 is 11.6 Å². The maximum atomic E-state index is 13.6. The summed E-state index contributed by atoms with van der Waals surface area (Å²) in [5.41, 5.74) is 0.908. The number of nitrogens with one attached hydrogen (secondary N) is 1. The van der Waals surface area contributed by atoms with Crippen LogP contribution in [0.5, 0.6) is 0 Å². The van der Waals surface area contributed by atoms with Gasteiger partial charge in [0, 0.05) is 30.8 Å². The monoisotopic (exact) mass is 322 g/mol. The highest BCUT2D eigenvalue weighted by Gasteiger charge is 2.14. The van der Waals surface area contributed by atoms with E-state index in [4.69, 9.17) is 11.6 Å². The summed E-state index contributed by atoms with van der Waals surface area (Å²) in [6.45, 7) is 0.0926. The SMILES string of the molecule is O=C(NC[C@H](CO)Cc1ccccc1F)c1ccnc(Cl)c1. The van der Waals surface area contributed by atoms with Crippen molar-refractivity contribution >= 4 is 17.5 Å². The normalized spacial score (nSPS) is 12.0. The molecule has 0 aliphatic heterocycles. The van der Waals surface area contributed by atoms with E-state index in [0.717, 1.165) is 0 Å². The number of halogens is 2. The predicted molar refractivity (Wildman–Crippen MR) is 82.3 cm³/mol. The van der Waals surface area contributed by atoms with Crippen molar-refractivity contribution in [3.63, 3.8) is 0 Å². The highest BCUT2D eigenvalue weighted by molar-refractivity contribution is 6.29. The van der Waals surface area contributed by atoms with Crippen molar-refractivity contribution in [3.8, 4) is 0 Å². The first-order valence-corrected chi connectivity index (χ1v) is 7.22. The zero-order chi connectivity index (χ0) is 15.9. The number of nitrogens with zero attached hydrogens (tertiary/aromatic N) is 1. The quantitative estimate of drug-likeness (QED) is 0.803. The van der Waals surface area contributed by atoms with Gasteiger partial charge in [-0.05, 0) is 30.2 Å². The summed E-state index contributed by atoms with van der Waals surface area (Å²) in [6.07, 6.45) is 1.79. The number of amides is 1. The number of benzene rings is 1. The first kappa shape index (κ1) is 16.4. The number of aliphatic hydroxyl groups excluding tert-OH is 1. The van der Waals surface area contributed by atoms with E-state index in [0.29, 0.717) is 17.5 Å². The first-order chi connectivity index (χ1) is 10.6. The van der Waals surface area contributed by atoms with Gasteiger partial charge in [-0.3, -0.25) is 4.79 Å². The number of aliphatic hydroxyl groups is 1. The lowest BCUT2D eigenvalue weighted by atomic mass is 9.99. The van der Waals surface area contributed by atoms with E-state index in [2.05, 4.69) is 10.3 Å². The summed E-state index contributed by atoms with van der Waals surface area (Å²) in [5, 5.41) is 12.3. The Morgan fingerprint density at radius 2 is 2.14 bits per heavy atom. The minimum Gasteiger partial charge on any atom is -0.396 e. The number of hydrogen-bond acceptors (Lipinski definition) is 3. The molecule has 6 heteroatoms. The second-order valence-corrected chi connectivity index (χ2v) is 5.31. The summed E-state index contributed by atoms with van der Waals surface area (Å²) in [7, 11) is 0. The van der Waals surface area contributed by atoms with Gasteiger partial charge in [-0.25, -0.2) is 9.37 Å². The van der Waals surface area contributed by atoms with E-state index in [9.17, 15) is 14.3 Å².